The number of nitriles is 1. The van der Waals surface area contributed by atoms with Crippen LogP contribution in [0.15, 0.2) is 29.7 Å². The van der Waals surface area contributed by atoms with E-state index in [9.17, 15) is 18.4 Å². The van der Waals surface area contributed by atoms with Gasteiger partial charge in [-0.15, -0.1) is 5.10 Å². The number of fused-ring (bicyclic) bond motifs is 1. The van der Waals surface area contributed by atoms with Crippen LogP contribution in [0.4, 0.5) is 13.2 Å². The second-order valence-electron chi connectivity index (χ2n) is 8.58. The summed E-state index contributed by atoms with van der Waals surface area (Å²) in [6.45, 7) is 5.46. The number of benzene rings is 1. The number of nitrogens with one attached hydrogen (secondary N) is 1. The van der Waals surface area contributed by atoms with Crippen LogP contribution in [0.3, 0.4) is 0 Å². The van der Waals surface area contributed by atoms with Gasteiger partial charge in [0.1, 0.15) is 11.6 Å². The van der Waals surface area contributed by atoms with Crippen LogP contribution in [0.5, 0.6) is 5.88 Å². The van der Waals surface area contributed by atoms with Crippen LogP contribution < -0.4 is 10.5 Å². The standard InChI is InChI=1S/C25H27F3N4O2/c1-15(2)24(20(14-29)22(30)34-23-21(24)16(3)31-32-23)18-11-17(9-7-5-4-6-8-10-33)12-19(13-18)25(26,27)28/h11-13,15,33H,4-6,8,10,30H2,1-3H3,(H,31,32). The number of nitrogens with zero attached hydrogens (tertiary/aromatic N) is 2. The first-order valence-corrected chi connectivity index (χ1v) is 11.0. The van der Waals surface area contributed by atoms with Crippen LogP contribution in [0.2, 0.25) is 0 Å². The predicted octanol–water partition coefficient (Wildman–Crippen LogP) is 4.67. The van der Waals surface area contributed by atoms with Gasteiger partial charge in [0.15, 0.2) is 0 Å². The molecule has 0 aliphatic carbocycles. The Hall–Kier alpha value is -3.43. The molecule has 34 heavy (non-hydrogen) atoms. The van der Waals surface area contributed by atoms with Gasteiger partial charge in [0, 0.05) is 24.3 Å². The molecular formula is C25H27F3N4O2. The molecule has 9 heteroatoms. The maximum atomic E-state index is 13.9. The van der Waals surface area contributed by atoms with Gasteiger partial charge in [-0.1, -0.05) is 32.1 Å². The van der Waals surface area contributed by atoms with Gasteiger partial charge in [0.05, 0.1) is 16.5 Å². The third kappa shape index (κ3) is 4.49. The fraction of sp³-hybridized carbons (Fsp3) is 0.440. The van der Waals surface area contributed by atoms with Gasteiger partial charge in [-0.25, -0.2) is 0 Å². The highest BCUT2D eigenvalue weighted by Gasteiger charge is 2.51. The molecule has 180 valence electrons. The molecule has 0 radical (unpaired) electrons. The average Bonchev–Trinajstić information content (AvgIpc) is 3.14. The summed E-state index contributed by atoms with van der Waals surface area (Å²) < 4.78 is 47.3. The number of aryl methyl sites for hydroxylation is 1. The Kier molecular flexibility index (Phi) is 7.28. The summed E-state index contributed by atoms with van der Waals surface area (Å²) >= 11 is 0. The monoisotopic (exact) mass is 472 g/mol. The van der Waals surface area contributed by atoms with Crippen LogP contribution in [-0.4, -0.2) is 21.9 Å². The number of alkyl halides is 3. The second-order valence-corrected chi connectivity index (χ2v) is 8.58. The molecule has 0 saturated carbocycles. The van der Waals surface area contributed by atoms with E-state index in [0.717, 1.165) is 25.0 Å². The summed E-state index contributed by atoms with van der Waals surface area (Å²) in [6.07, 6.45) is -1.94. The lowest BCUT2D eigenvalue weighted by Crippen LogP contribution is -2.41. The number of ether oxygens (including phenoxy) is 1. The Morgan fingerprint density at radius 3 is 2.59 bits per heavy atom. The largest absolute Gasteiger partial charge is 0.420 e. The zero-order valence-corrected chi connectivity index (χ0v) is 19.3. The van der Waals surface area contributed by atoms with Crippen molar-refractivity contribution in [1.82, 2.24) is 10.2 Å². The number of aromatic nitrogens is 2. The maximum absolute atomic E-state index is 13.9. The molecule has 1 atom stereocenters. The van der Waals surface area contributed by atoms with Crippen molar-refractivity contribution in [3.8, 4) is 23.8 Å². The highest BCUT2D eigenvalue weighted by atomic mass is 19.4. The minimum absolute atomic E-state index is 0.0294. The number of hydrogen-bond donors (Lipinski definition) is 3. The topological polar surface area (TPSA) is 108 Å². The van der Waals surface area contributed by atoms with E-state index in [0.29, 0.717) is 24.1 Å². The van der Waals surface area contributed by atoms with E-state index in [1.807, 2.05) is 13.8 Å². The van der Waals surface area contributed by atoms with Crippen molar-refractivity contribution in [3.63, 3.8) is 0 Å². The summed E-state index contributed by atoms with van der Waals surface area (Å²) in [5.74, 6) is 5.35. The van der Waals surface area contributed by atoms with E-state index in [1.54, 1.807) is 13.0 Å². The predicted molar refractivity (Wildman–Crippen MR) is 120 cm³/mol. The van der Waals surface area contributed by atoms with Crippen LogP contribution in [0, 0.1) is 36.0 Å². The summed E-state index contributed by atoms with van der Waals surface area (Å²) in [7, 11) is 0. The van der Waals surface area contributed by atoms with Crippen molar-refractivity contribution in [2.75, 3.05) is 6.61 Å². The fourth-order valence-electron chi connectivity index (χ4n) is 4.52. The maximum Gasteiger partial charge on any atom is 0.416 e. The Bertz CT molecular complexity index is 1200. The number of rotatable bonds is 6. The van der Waals surface area contributed by atoms with Crippen molar-refractivity contribution in [3.05, 3.63) is 57.6 Å². The van der Waals surface area contributed by atoms with E-state index in [-0.39, 0.29) is 41.0 Å². The summed E-state index contributed by atoms with van der Waals surface area (Å²) in [5.41, 5.74) is 5.42. The number of nitrogens with two attached hydrogens (primary N) is 1. The van der Waals surface area contributed by atoms with Gasteiger partial charge in [-0.2, -0.15) is 18.4 Å². The first-order chi connectivity index (χ1) is 16.1. The molecule has 6 nitrogen and oxygen atoms in total. The first kappa shape index (κ1) is 25.2. The van der Waals surface area contributed by atoms with Gasteiger partial charge >= 0.3 is 6.18 Å². The van der Waals surface area contributed by atoms with Crippen LogP contribution in [0.1, 0.15) is 67.5 Å². The van der Waals surface area contributed by atoms with E-state index in [1.165, 1.54) is 0 Å². The zero-order valence-electron chi connectivity index (χ0n) is 19.3. The Labute approximate surface area is 196 Å². The molecule has 0 spiro atoms. The third-order valence-electron chi connectivity index (χ3n) is 6.04. The van der Waals surface area contributed by atoms with E-state index in [4.69, 9.17) is 15.6 Å². The van der Waals surface area contributed by atoms with Crippen LogP contribution in [-0.2, 0) is 11.6 Å². The van der Waals surface area contributed by atoms with Crippen LogP contribution in [0.25, 0.3) is 0 Å². The number of hydrogen-bond acceptors (Lipinski definition) is 5. The molecule has 1 aliphatic rings. The molecule has 3 rings (SSSR count). The molecule has 2 heterocycles. The molecule has 2 aromatic rings. The molecule has 0 bridgehead atoms. The lowest BCUT2D eigenvalue weighted by molar-refractivity contribution is -0.137. The molecule has 1 aromatic heterocycles. The molecule has 1 unspecified atom stereocenters. The number of allylic oxidation sites excluding steroid dienone is 1. The molecule has 1 aliphatic heterocycles. The fourth-order valence-corrected chi connectivity index (χ4v) is 4.52. The van der Waals surface area contributed by atoms with E-state index >= 15 is 0 Å². The summed E-state index contributed by atoms with van der Waals surface area (Å²) in [4.78, 5) is 0. The molecule has 0 fully saturated rings. The number of aliphatic hydroxyl groups is 1. The highest BCUT2D eigenvalue weighted by Crippen LogP contribution is 2.53. The van der Waals surface area contributed by atoms with Crippen molar-refractivity contribution in [2.24, 2.45) is 11.7 Å². The lowest BCUT2D eigenvalue weighted by Gasteiger charge is -2.41. The van der Waals surface area contributed by atoms with Gasteiger partial charge in [-0.3, -0.25) is 5.10 Å². The zero-order chi connectivity index (χ0) is 25.1. The lowest BCUT2D eigenvalue weighted by atomic mass is 9.61. The third-order valence-corrected chi connectivity index (χ3v) is 6.04. The van der Waals surface area contributed by atoms with Crippen LogP contribution >= 0.6 is 0 Å². The van der Waals surface area contributed by atoms with Gasteiger partial charge < -0.3 is 15.6 Å². The molecule has 1 aromatic carbocycles. The van der Waals surface area contributed by atoms with Crippen molar-refractivity contribution in [2.45, 2.75) is 58.0 Å². The SMILES string of the molecule is Cc1[nH]nc2c1C(c1cc(C#CCCCCCO)cc(C(F)(F)F)c1)(C(C)C)C(C#N)=C(N)O2. The normalized spacial score (nSPS) is 17.6. The quantitative estimate of drug-likeness (QED) is 0.418. The van der Waals surface area contributed by atoms with Gasteiger partial charge in [0.25, 0.3) is 0 Å². The summed E-state index contributed by atoms with van der Waals surface area (Å²) in [5, 5.41) is 25.8. The summed E-state index contributed by atoms with van der Waals surface area (Å²) in [6, 6.07) is 5.74. The number of aromatic amines is 1. The first-order valence-electron chi connectivity index (χ1n) is 11.0. The highest BCUT2D eigenvalue weighted by molar-refractivity contribution is 5.63. The Balaban J connectivity index is 2.26. The van der Waals surface area contributed by atoms with E-state index < -0.39 is 17.2 Å². The van der Waals surface area contributed by atoms with Crippen molar-refractivity contribution < 1.29 is 23.0 Å². The molecule has 4 N–H and O–H groups in total. The minimum atomic E-state index is -4.62. The molecule has 0 amide bonds. The van der Waals surface area contributed by atoms with Gasteiger partial charge in [-0.05, 0) is 49.4 Å². The average molecular weight is 473 g/mol. The number of H-pyrrole nitrogens is 1. The molecule has 0 saturated heterocycles. The van der Waals surface area contributed by atoms with Crippen molar-refractivity contribution >= 4 is 0 Å². The van der Waals surface area contributed by atoms with E-state index in [2.05, 4.69) is 28.1 Å². The Morgan fingerprint density at radius 2 is 1.97 bits per heavy atom. The Morgan fingerprint density at radius 1 is 1.24 bits per heavy atom. The number of unbranched alkanes of at least 4 members (excludes halogenated alkanes) is 3. The van der Waals surface area contributed by atoms with Crippen molar-refractivity contribution in [1.29, 1.82) is 5.26 Å². The second kappa shape index (κ2) is 9.82. The number of halogens is 3. The minimum Gasteiger partial charge on any atom is -0.420 e. The smallest absolute Gasteiger partial charge is 0.416 e. The molecular weight excluding hydrogens is 445 g/mol. The number of aliphatic hydroxyl groups excluding tert-OH is 1. The van der Waals surface area contributed by atoms with Gasteiger partial charge in [0.2, 0.25) is 11.8 Å².